The molecule has 220 valence electrons. The molecule has 2 N–H and O–H groups in total. The molecule has 0 spiro atoms. The SMILES string of the molecule is CNC(=O)c1cc(C(=O)O)c(C)cc1O[C@H](CN1CC[N+](C(=O)OC(C)(C)C)=C(C)C1)c1cc(F)c(C2CC2)cn1. The lowest BCUT2D eigenvalue weighted by Crippen LogP contribution is -2.48. The maximum Gasteiger partial charge on any atom is 0.596 e. The number of carboxylic acid groups (broad SMARTS) is 1. The zero-order chi connectivity index (χ0) is 30.1. The number of nitrogens with zero attached hydrogens (tertiary/aromatic N) is 3. The highest BCUT2D eigenvalue weighted by Gasteiger charge is 2.35. The molecular formula is C30H38FN4O6+. The number of halogens is 1. The molecule has 1 saturated carbocycles. The van der Waals surface area contributed by atoms with Gasteiger partial charge in [0.15, 0.2) is 18.4 Å². The lowest BCUT2D eigenvalue weighted by atomic mass is 10.0. The van der Waals surface area contributed by atoms with Gasteiger partial charge in [0.1, 0.15) is 17.2 Å². The number of rotatable bonds is 8. The van der Waals surface area contributed by atoms with Crippen molar-refractivity contribution in [2.75, 3.05) is 33.2 Å². The average Bonchev–Trinajstić information content (AvgIpc) is 3.72. The molecule has 1 aliphatic heterocycles. The summed E-state index contributed by atoms with van der Waals surface area (Å²) in [4.78, 5) is 43.8. The highest BCUT2D eigenvalue weighted by atomic mass is 19.1. The maximum atomic E-state index is 15.1. The Labute approximate surface area is 239 Å². The first-order valence-electron chi connectivity index (χ1n) is 13.7. The smallest absolute Gasteiger partial charge is 0.482 e. The molecule has 41 heavy (non-hydrogen) atoms. The van der Waals surface area contributed by atoms with Gasteiger partial charge in [0, 0.05) is 32.3 Å². The fourth-order valence-corrected chi connectivity index (χ4v) is 4.87. The Bertz CT molecular complexity index is 1400. The molecule has 1 aliphatic carbocycles. The lowest BCUT2D eigenvalue weighted by Gasteiger charge is -2.30. The summed E-state index contributed by atoms with van der Waals surface area (Å²) in [5.41, 5.74) is 1.55. The van der Waals surface area contributed by atoms with Gasteiger partial charge in [-0.15, -0.1) is 4.58 Å². The van der Waals surface area contributed by atoms with E-state index in [9.17, 15) is 19.5 Å². The van der Waals surface area contributed by atoms with Gasteiger partial charge >= 0.3 is 12.1 Å². The fraction of sp³-hybridized carbons (Fsp3) is 0.500. The van der Waals surface area contributed by atoms with Crippen molar-refractivity contribution in [2.45, 2.75) is 65.1 Å². The summed E-state index contributed by atoms with van der Waals surface area (Å²) in [6, 6.07) is 4.17. The Hall–Kier alpha value is -3.86. The highest BCUT2D eigenvalue weighted by Crippen LogP contribution is 2.41. The van der Waals surface area contributed by atoms with Crippen molar-refractivity contribution in [3.05, 3.63) is 58.2 Å². The number of hydrogen-bond acceptors (Lipinski definition) is 7. The molecule has 0 unspecified atom stereocenters. The van der Waals surface area contributed by atoms with Crippen LogP contribution in [0.25, 0.3) is 0 Å². The van der Waals surface area contributed by atoms with Crippen LogP contribution >= 0.6 is 0 Å². The monoisotopic (exact) mass is 569 g/mol. The van der Waals surface area contributed by atoms with Gasteiger partial charge in [0.25, 0.3) is 5.91 Å². The molecule has 2 amide bonds. The second-order valence-corrected chi connectivity index (χ2v) is 11.7. The number of ether oxygens (including phenoxy) is 2. The number of carboxylic acids is 1. The number of carbonyl (C=O) groups is 3. The minimum atomic E-state index is -1.16. The molecule has 2 aromatic rings. The van der Waals surface area contributed by atoms with Crippen LogP contribution in [0.2, 0.25) is 0 Å². The topological polar surface area (TPSA) is 121 Å². The van der Waals surface area contributed by atoms with Crippen molar-refractivity contribution in [3.63, 3.8) is 0 Å². The summed E-state index contributed by atoms with van der Waals surface area (Å²) < 4.78 is 28.6. The van der Waals surface area contributed by atoms with Gasteiger partial charge in [-0.1, -0.05) is 0 Å². The van der Waals surface area contributed by atoms with E-state index in [0.717, 1.165) is 18.6 Å². The summed E-state index contributed by atoms with van der Waals surface area (Å²) in [7, 11) is 1.44. The second kappa shape index (κ2) is 11.9. The Kier molecular flexibility index (Phi) is 8.77. The minimum Gasteiger partial charge on any atom is -0.482 e. The number of hydrogen-bond donors (Lipinski definition) is 2. The molecule has 1 atom stereocenters. The third-order valence-corrected chi connectivity index (χ3v) is 7.14. The maximum absolute atomic E-state index is 15.1. The number of aromatic nitrogens is 1. The Morgan fingerprint density at radius 1 is 1.20 bits per heavy atom. The summed E-state index contributed by atoms with van der Waals surface area (Å²) in [5.74, 6) is -1.69. The first-order valence-corrected chi connectivity index (χ1v) is 13.7. The van der Waals surface area contributed by atoms with Crippen LogP contribution in [-0.4, -0.2) is 82.1 Å². The van der Waals surface area contributed by atoms with Crippen LogP contribution in [0.3, 0.4) is 0 Å². The van der Waals surface area contributed by atoms with Crippen molar-refractivity contribution in [1.29, 1.82) is 0 Å². The van der Waals surface area contributed by atoms with E-state index in [2.05, 4.69) is 15.2 Å². The highest BCUT2D eigenvalue weighted by molar-refractivity contribution is 6.00. The third-order valence-electron chi connectivity index (χ3n) is 7.14. The number of nitrogens with one attached hydrogen (secondary N) is 1. The van der Waals surface area contributed by atoms with Crippen LogP contribution < -0.4 is 10.1 Å². The number of carbonyl (C=O) groups excluding carboxylic acids is 2. The summed E-state index contributed by atoms with van der Waals surface area (Å²) >= 11 is 0. The largest absolute Gasteiger partial charge is 0.596 e. The third kappa shape index (κ3) is 7.27. The van der Waals surface area contributed by atoms with Gasteiger partial charge in [-0.25, -0.2) is 9.18 Å². The molecular weight excluding hydrogens is 531 g/mol. The first-order chi connectivity index (χ1) is 19.3. The van der Waals surface area contributed by atoms with Crippen molar-refractivity contribution < 1.29 is 37.9 Å². The first kappa shape index (κ1) is 30.1. The van der Waals surface area contributed by atoms with Crippen LogP contribution in [-0.2, 0) is 4.74 Å². The molecule has 1 aromatic heterocycles. The van der Waals surface area contributed by atoms with E-state index in [1.54, 1.807) is 17.7 Å². The minimum absolute atomic E-state index is 0.0195. The van der Waals surface area contributed by atoms with Gasteiger partial charge in [0.2, 0.25) is 0 Å². The molecule has 1 fully saturated rings. The van der Waals surface area contributed by atoms with Gasteiger partial charge in [0.05, 0.1) is 29.9 Å². The normalized spacial score (nSPS) is 16.8. The molecule has 0 radical (unpaired) electrons. The van der Waals surface area contributed by atoms with Crippen LogP contribution in [0.4, 0.5) is 9.18 Å². The zero-order valence-electron chi connectivity index (χ0n) is 24.4. The van der Waals surface area contributed by atoms with Gasteiger partial charge in [-0.05, 0) is 70.2 Å². The van der Waals surface area contributed by atoms with E-state index < -0.39 is 29.7 Å². The van der Waals surface area contributed by atoms with Gasteiger partial charge < -0.3 is 19.9 Å². The Morgan fingerprint density at radius 2 is 1.90 bits per heavy atom. The quantitative estimate of drug-likeness (QED) is 0.452. The van der Waals surface area contributed by atoms with Crippen LogP contribution in [0.15, 0.2) is 24.4 Å². The Balaban J connectivity index is 1.66. The van der Waals surface area contributed by atoms with Crippen molar-refractivity contribution in [2.24, 2.45) is 0 Å². The van der Waals surface area contributed by atoms with Gasteiger partial charge in [-0.2, -0.15) is 4.79 Å². The fourth-order valence-electron chi connectivity index (χ4n) is 4.87. The van der Waals surface area contributed by atoms with Crippen LogP contribution in [0, 0.1) is 12.7 Å². The molecule has 1 aromatic carbocycles. The predicted octanol–water partition coefficient (Wildman–Crippen LogP) is 4.31. The van der Waals surface area contributed by atoms with E-state index in [-0.39, 0.29) is 35.2 Å². The Morgan fingerprint density at radius 3 is 2.46 bits per heavy atom. The van der Waals surface area contributed by atoms with E-state index in [4.69, 9.17) is 9.47 Å². The standard InChI is InChI=1S/C30H37FN4O6/c1-17-11-25(21(27(36)32-6)12-20(17)28(37)38)40-26(24-13-23(31)22(14-33-24)19-7-8-19)16-34-9-10-35(18(2)15-34)29(39)41-30(3,4)5/h11-14,19,26H,7-10,15-16H2,1-6H3,(H-,32,36,37,38)/p+1/t26-/m1/s1. The van der Waals surface area contributed by atoms with Crippen LogP contribution in [0.1, 0.15) is 90.1 Å². The number of aromatic carboxylic acids is 1. The zero-order valence-corrected chi connectivity index (χ0v) is 24.4. The molecule has 10 nitrogen and oxygen atoms in total. The van der Waals surface area contributed by atoms with Crippen LogP contribution in [0.5, 0.6) is 5.75 Å². The summed E-state index contributed by atoms with van der Waals surface area (Å²) in [6.07, 6.45) is 2.21. The number of aryl methyl sites for hydroxylation is 1. The number of amides is 2. The van der Waals surface area contributed by atoms with Crippen molar-refractivity contribution in [1.82, 2.24) is 15.2 Å². The molecule has 11 heteroatoms. The summed E-state index contributed by atoms with van der Waals surface area (Å²) in [5, 5.41) is 12.1. The molecule has 4 rings (SSSR count). The van der Waals surface area contributed by atoms with E-state index >= 15 is 4.39 Å². The van der Waals surface area contributed by atoms with Crippen molar-refractivity contribution >= 4 is 23.7 Å². The summed E-state index contributed by atoms with van der Waals surface area (Å²) in [6.45, 7) is 10.5. The number of benzene rings is 1. The van der Waals surface area contributed by atoms with E-state index in [1.165, 1.54) is 25.2 Å². The molecule has 2 aliphatic rings. The van der Waals surface area contributed by atoms with E-state index in [0.29, 0.717) is 36.5 Å². The average molecular weight is 570 g/mol. The van der Waals surface area contributed by atoms with E-state index in [1.807, 2.05) is 27.7 Å². The molecule has 0 bridgehead atoms. The molecule has 2 heterocycles. The van der Waals surface area contributed by atoms with Crippen molar-refractivity contribution in [3.8, 4) is 5.75 Å². The second-order valence-electron chi connectivity index (χ2n) is 11.7. The number of pyridine rings is 1. The molecule has 0 saturated heterocycles. The predicted molar refractivity (Wildman–Crippen MR) is 150 cm³/mol. The lowest BCUT2D eigenvalue weighted by molar-refractivity contribution is -0.458. The van der Waals surface area contributed by atoms with Gasteiger partial charge in [-0.3, -0.25) is 14.7 Å².